The fraction of sp³-hybridized carbons (Fsp3) is 0.333. The first-order chi connectivity index (χ1) is 6.07. The van der Waals surface area contributed by atoms with Gasteiger partial charge in [-0.2, -0.15) is 50.6 Å². The van der Waals surface area contributed by atoms with Gasteiger partial charge in [0, 0.05) is 32.7 Å². The minimum atomic E-state index is 0. The van der Waals surface area contributed by atoms with Gasteiger partial charge in [0.1, 0.15) is 0 Å². The second-order valence-electron chi connectivity index (χ2n) is 3.32. The zero-order valence-electron chi connectivity index (χ0n) is 9.26. The summed E-state index contributed by atoms with van der Waals surface area (Å²) >= 11 is 0. The van der Waals surface area contributed by atoms with E-state index in [2.05, 4.69) is 31.7 Å². The van der Waals surface area contributed by atoms with Crippen LogP contribution in [0.15, 0.2) is 18.2 Å². The summed E-state index contributed by atoms with van der Waals surface area (Å²) < 4.78 is 0. The van der Waals surface area contributed by atoms with Crippen molar-refractivity contribution < 1.29 is 32.7 Å². The van der Waals surface area contributed by atoms with Crippen molar-refractivity contribution in [2.75, 3.05) is 0 Å². The van der Waals surface area contributed by atoms with Gasteiger partial charge in [-0.05, 0) is 0 Å². The first kappa shape index (κ1) is 16.3. The number of hydrogen-bond donors (Lipinski definition) is 0. The summed E-state index contributed by atoms with van der Waals surface area (Å²) in [4.78, 5) is 3.30. The van der Waals surface area contributed by atoms with Crippen LogP contribution in [0.3, 0.4) is 0 Å². The molecule has 0 unspecified atom stereocenters. The average molecular weight is 262 g/mol. The SMILES string of the molecule is C[C-](C)C.[C-]#[N+]c1cc[c-]cc1C.[Y]. The number of hydrogen-bond acceptors (Lipinski definition) is 0. The van der Waals surface area contributed by atoms with Gasteiger partial charge in [-0.25, -0.2) is 0 Å². The molecule has 0 saturated heterocycles. The minimum absolute atomic E-state index is 0. The van der Waals surface area contributed by atoms with Gasteiger partial charge in [-0.1, -0.05) is 6.92 Å². The van der Waals surface area contributed by atoms with Crippen molar-refractivity contribution in [2.45, 2.75) is 27.7 Å². The molecule has 0 N–H and O–H groups in total. The summed E-state index contributed by atoms with van der Waals surface area (Å²) in [7, 11) is 0. The maximum atomic E-state index is 6.70. The van der Waals surface area contributed by atoms with E-state index in [1.54, 1.807) is 12.1 Å². The zero-order chi connectivity index (χ0) is 10.3. The summed E-state index contributed by atoms with van der Waals surface area (Å²) in [5, 5.41) is 0. The number of benzene rings is 1. The van der Waals surface area contributed by atoms with E-state index in [1.165, 1.54) is 5.92 Å². The van der Waals surface area contributed by atoms with Crippen molar-refractivity contribution in [3.05, 3.63) is 47.2 Å². The van der Waals surface area contributed by atoms with Crippen LogP contribution in [-0.4, -0.2) is 0 Å². The van der Waals surface area contributed by atoms with E-state index in [-0.39, 0.29) is 32.7 Å². The van der Waals surface area contributed by atoms with Gasteiger partial charge in [-0.15, -0.1) is 0 Å². The first-order valence-electron chi connectivity index (χ1n) is 4.19. The quantitative estimate of drug-likeness (QED) is 0.623. The molecule has 0 atom stereocenters. The minimum Gasteiger partial charge on any atom is -0.323 e. The predicted molar refractivity (Wildman–Crippen MR) is 56.5 cm³/mol. The Hall–Kier alpha value is -0.186. The summed E-state index contributed by atoms with van der Waals surface area (Å²) in [6.45, 7) is 14.9. The molecule has 1 aromatic rings. The van der Waals surface area contributed by atoms with E-state index in [4.69, 9.17) is 6.57 Å². The maximum absolute atomic E-state index is 6.70. The Balaban J connectivity index is 0. The monoisotopic (exact) mass is 262 g/mol. The molecular weight excluding hydrogens is 247 g/mol. The summed E-state index contributed by atoms with van der Waals surface area (Å²) in [6, 6.07) is 8.22. The van der Waals surface area contributed by atoms with Crippen LogP contribution < -0.4 is 0 Å². The normalized spacial score (nSPS) is 8.00. The van der Waals surface area contributed by atoms with Gasteiger partial charge in [0.05, 0.1) is 12.3 Å². The third-order valence-corrected chi connectivity index (χ3v) is 1.16. The van der Waals surface area contributed by atoms with Crippen LogP contribution in [0, 0.1) is 25.5 Å². The summed E-state index contributed by atoms with van der Waals surface area (Å²) in [5.41, 5.74) is 1.71. The molecule has 0 aliphatic heterocycles. The predicted octanol–water partition coefficient (Wildman–Crippen LogP) is 3.96. The van der Waals surface area contributed by atoms with Crippen LogP contribution in [0.1, 0.15) is 26.3 Å². The Morgan fingerprint density at radius 2 is 1.86 bits per heavy atom. The van der Waals surface area contributed by atoms with E-state index in [0.717, 1.165) is 5.56 Å². The average Bonchev–Trinajstić information content (AvgIpc) is 2.04. The topological polar surface area (TPSA) is 4.36 Å². The third kappa shape index (κ3) is 8.41. The van der Waals surface area contributed by atoms with Crippen molar-refractivity contribution in [1.82, 2.24) is 0 Å². The Labute approximate surface area is 113 Å². The van der Waals surface area contributed by atoms with Gasteiger partial charge >= 0.3 is 0 Å². The van der Waals surface area contributed by atoms with Gasteiger partial charge in [0.15, 0.2) is 0 Å². The Morgan fingerprint density at radius 3 is 2.14 bits per heavy atom. The van der Waals surface area contributed by atoms with E-state index < -0.39 is 0 Å². The number of aryl methyl sites for hydroxylation is 1. The number of nitrogens with zero attached hydrogens (tertiary/aromatic N) is 1. The van der Waals surface area contributed by atoms with Crippen LogP contribution in [0.5, 0.6) is 0 Å². The molecule has 0 aliphatic rings. The van der Waals surface area contributed by atoms with Crippen molar-refractivity contribution in [3.63, 3.8) is 0 Å². The molecule has 1 nitrogen and oxygen atoms in total. The molecule has 0 spiro atoms. The largest absolute Gasteiger partial charge is 0.323 e. The van der Waals surface area contributed by atoms with Gasteiger partial charge in [0.2, 0.25) is 0 Å². The summed E-state index contributed by atoms with van der Waals surface area (Å²) in [5.74, 6) is 1.42. The fourth-order valence-corrected chi connectivity index (χ4v) is 0.631. The molecule has 0 amide bonds. The molecule has 0 aliphatic carbocycles. The van der Waals surface area contributed by atoms with Crippen molar-refractivity contribution in [3.8, 4) is 0 Å². The molecule has 73 valence electrons. The second kappa shape index (κ2) is 9.37. The fourth-order valence-electron chi connectivity index (χ4n) is 0.631. The molecule has 0 saturated carbocycles. The molecule has 1 rings (SSSR count). The first-order valence-corrected chi connectivity index (χ1v) is 4.19. The molecule has 0 bridgehead atoms. The molecule has 2 heteroatoms. The molecule has 14 heavy (non-hydrogen) atoms. The van der Waals surface area contributed by atoms with Crippen LogP contribution >= 0.6 is 0 Å². The summed E-state index contributed by atoms with van der Waals surface area (Å²) in [6.07, 6.45) is 0. The third-order valence-electron chi connectivity index (χ3n) is 1.16. The molecule has 0 aromatic heterocycles. The zero-order valence-corrected chi connectivity index (χ0v) is 12.1. The van der Waals surface area contributed by atoms with Crippen molar-refractivity contribution >= 4 is 5.69 Å². The van der Waals surface area contributed by atoms with E-state index in [9.17, 15) is 0 Å². The van der Waals surface area contributed by atoms with Crippen molar-refractivity contribution in [2.24, 2.45) is 0 Å². The Bertz CT molecular complexity index is 284. The Morgan fingerprint density at radius 1 is 1.36 bits per heavy atom. The van der Waals surface area contributed by atoms with Crippen molar-refractivity contribution in [1.29, 1.82) is 0 Å². The van der Waals surface area contributed by atoms with Crippen LogP contribution in [0.2, 0.25) is 0 Å². The van der Waals surface area contributed by atoms with Gasteiger partial charge < -0.3 is 5.92 Å². The molecular formula is C12H15NY-2. The molecule has 1 radical (unpaired) electrons. The molecule has 1 aromatic carbocycles. The smallest absolute Gasteiger partial charge is 0.0899 e. The molecule has 0 fully saturated rings. The van der Waals surface area contributed by atoms with Crippen LogP contribution in [-0.2, 0) is 32.7 Å². The van der Waals surface area contributed by atoms with Crippen LogP contribution in [0.4, 0.5) is 5.69 Å². The standard InChI is InChI=1S/C8H6N.C4H9.Y/c1-7-5-3-4-6-8(7)9-2;1-4(2)3;/h4-6H,1H3;1-3H3;/q2*-1;. The van der Waals surface area contributed by atoms with E-state index >= 15 is 0 Å². The van der Waals surface area contributed by atoms with E-state index in [1.807, 2.05) is 13.0 Å². The number of rotatable bonds is 0. The molecule has 0 heterocycles. The second-order valence-corrected chi connectivity index (χ2v) is 3.32. The van der Waals surface area contributed by atoms with Crippen LogP contribution in [0.25, 0.3) is 4.85 Å². The van der Waals surface area contributed by atoms with Gasteiger partial charge in [-0.3, -0.25) is 4.85 Å². The van der Waals surface area contributed by atoms with Gasteiger partial charge in [0.25, 0.3) is 0 Å². The van der Waals surface area contributed by atoms with E-state index in [0.29, 0.717) is 5.69 Å². The Kier molecular flexibility index (Phi) is 10.9. The maximum Gasteiger partial charge on any atom is 0.0899 e.